The first-order chi connectivity index (χ1) is 13.3. The van der Waals surface area contributed by atoms with Crippen LogP contribution in [0.3, 0.4) is 0 Å². The zero-order valence-electron chi connectivity index (χ0n) is 18.0. The molecule has 0 aliphatic heterocycles. The fraction of sp³-hybridized carbons (Fsp3) is 0.458. The number of nitrogens with zero attached hydrogens (tertiary/aromatic N) is 1. The SMILES string of the molecule is CCCC(C)C(c1cccc(OC(=O)Nc2ccc(C(C)C)cc2)c1)N(C)C. The van der Waals surface area contributed by atoms with E-state index in [2.05, 4.69) is 58.1 Å². The van der Waals surface area contributed by atoms with Gasteiger partial charge < -0.3 is 9.64 Å². The predicted molar refractivity (Wildman–Crippen MR) is 117 cm³/mol. The summed E-state index contributed by atoms with van der Waals surface area (Å²) < 4.78 is 5.54. The summed E-state index contributed by atoms with van der Waals surface area (Å²) in [6.07, 6.45) is 1.83. The van der Waals surface area contributed by atoms with Gasteiger partial charge in [-0.25, -0.2) is 4.79 Å². The molecule has 0 radical (unpaired) electrons. The van der Waals surface area contributed by atoms with E-state index in [0.717, 1.165) is 24.1 Å². The Morgan fingerprint density at radius 2 is 1.71 bits per heavy atom. The van der Waals surface area contributed by atoms with Crippen LogP contribution in [0.4, 0.5) is 10.5 Å². The molecule has 4 nitrogen and oxygen atoms in total. The minimum atomic E-state index is -0.475. The Morgan fingerprint density at radius 3 is 2.29 bits per heavy atom. The van der Waals surface area contributed by atoms with E-state index in [4.69, 9.17) is 4.74 Å². The van der Waals surface area contributed by atoms with E-state index in [1.165, 1.54) is 5.56 Å². The zero-order chi connectivity index (χ0) is 20.7. The van der Waals surface area contributed by atoms with Crippen molar-refractivity contribution >= 4 is 11.8 Å². The third-order valence-electron chi connectivity index (χ3n) is 5.07. The molecule has 2 unspecified atom stereocenters. The van der Waals surface area contributed by atoms with Crippen LogP contribution in [0, 0.1) is 5.92 Å². The van der Waals surface area contributed by atoms with Gasteiger partial charge in [0.1, 0.15) is 5.75 Å². The lowest BCUT2D eigenvalue weighted by Crippen LogP contribution is -2.26. The Morgan fingerprint density at radius 1 is 1.04 bits per heavy atom. The highest BCUT2D eigenvalue weighted by Crippen LogP contribution is 2.31. The second-order valence-electron chi connectivity index (χ2n) is 8.04. The van der Waals surface area contributed by atoms with Gasteiger partial charge in [0.05, 0.1) is 0 Å². The Hall–Kier alpha value is -2.33. The van der Waals surface area contributed by atoms with Crippen LogP contribution < -0.4 is 10.1 Å². The van der Waals surface area contributed by atoms with Gasteiger partial charge in [-0.1, -0.05) is 58.4 Å². The molecule has 2 aromatic carbocycles. The molecule has 0 aliphatic carbocycles. The molecule has 0 aliphatic rings. The third kappa shape index (κ3) is 6.10. The first-order valence-electron chi connectivity index (χ1n) is 10.2. The van der Waals surface area contributed by atoms with Gasteiger partial charge in [0, 0.05) is 11.7 Å². The van der Waals surface area contributed by atoms with Gasteiger partial charge in [0.15, 0.2) is 0 Å². The maximum atomic E-state index is 12.3. The highest BCUT2D eigenvalue weighted by Gasteiger charge is 2.21. The molecular weight excluding hydrogens is 348 g/mol. The van der Waals surface area contributed by atoms with Crippen LogP contribution in [0.15, 0.2) is 48.5 Å². The van der Waals surface area contributed by atoms with E-state index >= 15 is 0 Å². The van der Waals surface area contributed by atoms with Gasteiger partial charge >= 0.3 is 6.09 Å². The minimum absolute atomic E-state index is 0.287. The number of hydrogen-bond acceptors (Lipinski definition) is 3. The van der Waals surface area contributed by atoms with Crippen molar-refractivity contribution in [3.63, 3.8) is 0 Å². The number of amides is 1. The molecule has 4 heteroatoms. The second kappa shape index (κ2) is 10.3. The first kappa shape index (κ1) is 22.0. The van der Waals surface area contributed by atoms with Crippen molar-refractivity contribution in [2.75, 3.05) is 19.4 Å². The average molecular weight is 383 g/mol. The number of carbonyl (C=O) groups is 1. The lowest BCUT2D eigenvalue weighted by Gasteiger charge is -2.30. The Kier molecular flexibility index (Phi) is 8.06. The number of ether oxygens (including phenoxy) is 1. The molecule has 0 aromatic heterocycles. The van der Waals surface area contributed by atoms with Crippen LogP contribution in [0.5, 0.6) is 5.75 Å². The lowest BCUT2D eigenvalue weighted by molar-refractivity contribution is 0.210. The van der Waals surface area contributed by atoms with E-state index < -0.39 is 6.09 Å². The van der Waals surface area contributed by atoms with Crippen LogP contribution in [-0.2, 0) is 0 Å². The standard InChI is InChI=1S/C24H34N2O2/c1-7-9-18(4)23(26(5)6)20-10-8-11-22(16-20)28-24(27)25-21-14-12-19(13-15-21)17(2)3/h8,10-18,23H,7,9H2,1-6H3,(H,25,27). The number of carbonyl (C=O) groups excluding carboxylic acids is 1. The van der Waals surface area contributed by atoms with Crippen molar-refractivity contribution in [3.05, 3.63) is 59.7 Å². The fourth-order valence-electron chi connectivity index (χ4n) is 3.71. The predicted octanol–water partition coefficient (Wildman–Crippen LogP) is 6.46. The van der Waals surface area contributed by atoms with Crippen molar-refractivity contribution in [3.8, 4) is 5.75 Å². The van der Waals surface area contributed by atoms with Gasteiger partial charge in [-0.15, -0.1) is 0 Å². The van der Waals surface area contributed by atoms with Gasteiger partial charge in [-0.05, 0) is 67.7 Å². The molecule has 28 heavy (non-hydrogen) atoms. The molecular formula is C24H34N2O2. The molecule has 0 bridgehead atoms. The molecule has 0 spiro atoms. The van der Waals surface area contributed by atoms with Crippen molar-refractivity contribution < 1.29 is 9.53 Å². The molecule has 1 N–H and O–H groups in total. The second-order valence-corrected chi connectivity index (χ2v) is 8.04. The van der Waals surface area contributed by atoms with Gasteiger partial charge in [-0.2, -0.15) is 0 Å². The quantitative estimate of drug-likeness (QED) is 0.569. The lowest BCUT2D eigenvalue weighted by atomic mass is 9.90. The molecule has 0 saturated carbocycles. The first-order valence-corrected chi connectivity index (χ1v) is 10.2. The number of hydrogen-bond donors (Lipinski definition) is 1. The van der Waals surface area contributed by atoms with E-state index in [1.54, 1.807) is 0 Å². The minimum Gasteiger partial charge on any atom is -0.410 e. The van der Waals surface area contributed by atoms with Crippen LogP contribution in [-0.4, -0.2) is 25.1 Å². The number of rotatable bonds is 8. The molecule has 2 rings (SSSR count). The van der Waals surface area contributed by atoms with E-state index in [9.17, 15) is 4.79 Å². The van der Waals surface area contributed by atoms with Gasteiger partial charge in [-0.3, -0.25) is 5.32 Å². The molecule has 2 aromatic rings. The highest BCUT2D eigenvalue weighted by molar-refractivity contribution is 5.86. The van der Waals surface area contributed by atoms with Crippen LogP contribution in [0.1, 0.15) is 63.6 Å². The Bertz CT molecular complexity index is 753. The topological polar surface area (TPSA) is 41.6 Å². The summed E-state index contributed by atoms with van der Waals surface area (Å²) in [6.45, 7) is 8.77. The normalized spacial score (nSPS) is 13.4. The number of nitrogens with one attached hydrogen (secondary N) is 1. The van der Waals surface area contributed by atoms with E-state index in [1.807, 2.05) is 42.5 Å². The van der Waals surface area contributed by atoms with Gasteiger partial charge in [0.25, 0.3) is 0 Å². The Labute approximate surface area is 169 Å². The molecule has 0 heterocycles. The van der Waals surface area contributed by atoms with Crippen molar-refractivity contribution in [2.45, 2.75) is 52.5 Å². The molecule has 0 saturated heterocycles. The van der Waals surface area contributed by atoms with E-state index in [0.29, 0.717) is 17.6 Å². The van der Waals surface area contributed by atoms with Gasteiger partial charge in [0.2, 0.25) is 0 Å². The van der Waals surface area contributed by atoms with Crippen LogP contribution in [0.25, 0.3) is 0 Å². The van der Waals surface area contributed by atoms with Crippen molar-refractivity contribution in [1.29, 1.82) is 0 Å². The van der Waals surface area contributed by atoms with Crippen molar-refractivity contribution in [2.24, 2.45) is 5.92 Å². The average Bonchev–Trinajstić information content (AvgIpc) is 2.62. The smallest absolute Gasteiger partial charge is 0.410 e. The summed E-state index contributed by atoms with van der Waals surface area (Å²) in [5.41, 5.74) is 3.13. The summed E-state index contributed by atoms with van der Waals surface area (Å²) in [6, 6.07) is 16.0. The number of anilines is 1. The number of benzene rings is 2. The Balaban J connectivity index is 2.07. The summed E-state index contributed by atoms with van der Waals surface area (Å²) >= 11 is 0. The highest BCUT2D eigenvalue weighted by atomic mass is 16.6. The summed E-state index contributed by atoms with van der Waals surface area (Å²) in [7, 11) is 4.19. The largest absolute Gasteiger partial charge is 0.417 e. The molecule has 0 fully saturated rings. The maximum absolute atomic E-state index is 12.3. The molecule has 1 amide bonds. The van der Waals surface area contributed by atoms with Crippen LogP contribution >= 0.6 is 0 Å². The fourth-order valence-corrected chi connectivity index (χ4v) is 3.71. The molecule has 2 atom stereocenters. The molecule has 152 valence electrons. The van der Waals surface area contributed by atoms with E-state index in [-0.39, 0.29) is 6.04 Å². The van der Waals surface area contributed by atoms with Crippen molar-refractivity contribution in [1.82, 2.24) is 4.90 Å². The summed E-state index contributed by atoms with van der Waals surface area (Å²) in [5, 5.41) is 2.80. The summed E-state index contributed by atoms with van der Waals surface area (Å²) in [4.78, 5) is 14.5. The monoisotopic (exact) mass is 382 g/mol. The zero-order valence-corrected chi connectivity index (χ0v) is 18.0. The third-order valence-corrected chi connectivity index (χ3v) is 5.07. The summed E-state index contributed by atoms with van der Waals surface area (Å²) in [5.74, 6) is 1.54. The van der Waals surface area contributed by atoms with Crippen LogP contribution in [0.2, 0.25) is 0 Å². The maximum Gasteiger partial charge on any atom is 0.417 e.